The van der Waals surface area contributed by atoms with Crippen molar-refractivity contribution in [2.75, 3.05) is 9.80 Å². The molecule has 0 aliphatic carbocycles. The van der Waals surface area contributed by atoms with Crippen LogP contribution in [0.25, 0.3) is 103 Å². The molecule has 0 bridgehead atoms. The number of hydrogen-bond donors (Lipinski definition) is 0. The first-order valence-corrected chi connectivity index (χ1v) is 36.0. The molecular weight excluding hydrogens is 1230 g/mol. The first kappa shape index (κ1) is 58.5. The van der Waals surface area contributed by atoms with Crippen LogP contribution >= 0.6 is 11.3 Å². The van der Waals surface area contributed by atoms with Gasteiger partial charge in [-0.1, -0.05) is 308 Å². The topological polar surface area (TPSA) is 11.4 Å². The van der Waals surface area contributed by atoms with Gasteiger partial charge in [-0.05, 0) is 161 Å². The lowest BCUT2D eigenvalue weighted by Gasteiger charge is -2.41. The van der Waals surface area contributed by atoms with Crippen molar-refractivity contribution in [3.63, 3.8) is 0 Å². The maximum atomic E-state index is 9.21. The molecule has 3 nitrogen and oxygen atoms in total. The van der Waals surface area contributed by atoms with E-state index in [2.05, 4.69) is 347 Å². The van der Waals surface area contributed by atoms with Gasteiger partial charge < -0.3 is 14.4 Å². The molecule has 0 N–H and O–H groups in total. The Morgan fingerprint density at radius 3 is 1.52 bits per heavy atom. The van der Waals surface area contributed by atoms with E-state index in [9.17, 15) is 2.74 Å². The summed E-state index contributed by atoms with van der Waals surface area (Å²) in [5.74, 6) is 0. The van der Waals surface area contributed by atoms with Gasteiger partial charge >= 0.3 is 0 Å². The molecule has 0 fully saturated rings. The monoisotopic (exact) mass is 1320 g/mol. The number of rotatable bonds is 10. The van der Waals surface area contributed by atoms with Crippen LogP contribution in [0.15, 0.2) is 285 Å². The Kier molecular flexibility index (Phi) is 14.3. The highest BCUT2D eigenvalue weighted by Gasteiger charge is 2.39. The normalized spacial score (nSPS) is 13.5. The minimum absolute atomic E-state index is 0.108. The largest absolute Gasteiger partial charge is 0.310 e. The summed E-state index contributed by atoms with van der Waals surface area (Å²) in [5, 5.41) is 4.82. The lowest BCUT2D eigenvalue weighted by atomic mass is 9.40. The highest BCUT2D eigenvalue weighted by molar-refractivity contribution is 7.27. The van der Waals surface area contributed by atoms with Gasteiger partial charge in [0.1, 0.15) is 0 Å². The molecule has 0 unspecified atom stereocenters. The molecule has 15 aromatic rings. The van der Waals surface area contributed by atoms with Crippen molar-refractivity contribution in [2.45, 2.75) is 112 Å². The van der Waals surface area contributed by atoms with Gasteiger partial charge in [0.2, 0.25) is 6.71 Å². The highest BCUT2D eigenvalue weighted by atomic mass is 32.1. The van der Waals surface area contributed by atoms with Gasteiger partial charge in [0.15, 0.2) is 0 Å². The summed E-state index contributed by atoms with van der Waals surface area (Å²) in [7, 11) is 0. The predicted octanol–water partition coefficient (Wildman–Crippen LogP) is 26.2. The van der Waals surface area contributed by atoms with Gasteiger partial charge in [-0.25, -0.2) is 0 Å². The van der Waals surface area contributed by atoms with Crippen LogP contribution in [0.3, 0.4) is 0 Å². The molecule has 1 aliphatic rings. The summed E-state index contributed by atoms with van der Waals surface area (Å²) in [6.45, 7) is 30.0. The zero-order chi connectivity index (χ0) is 73.5. The Morgan fingerprint density at radius 2 is 0.890 bits per heavy atom. The molecule has 16 rings (SSSR count). The van der Waals surface area contributed by atoms with E-state index in [1.165, 1.54) is 75.3 Å². The Labute approximate surface area is 602 Å². The fourth-order valence-electron chi connectivity index (χ4n) is 15.2. The van der Waals surface area contributed by atoms with Crippen LogP contribution < -0.4 is 20.7 Å². The van der Waals surface area contributed by atoms with E-state index in [-0.39, 0.29) is 52.7 Å². The van der Waals surface area contributed by atoms with Crippen molar-refractivity contribution in [1.29, 1.82) is 0 Å². The average Bonchev–Trinajstić information content (AvgIpc) is 1.61. The summed E-state index contributed by atoms with van der Waals surface area (Å²) in [6, 6.07) is 92.4. The Hall–Kier alpha value is -10.5. The van der Waals surface area contributed by atoms with E-state index in [0.29, 0.717) is 5.56 Å². The fraction of sp³-hybridized carbons (Fsp3) is 0.179. The fourth-order valence-corrected chi connectivity index (χ4v) is 16.5. The molecular formula is C95H86BN3S. The van der Waals surface area contributed by atoms with E-state index < -0.39 is 11.5 Å². The molecule has 0 saturated carbocycles. The van der Waals surface area contributed by atoms with Crippen LogP contribution in [0.5, 0.6) is 0 Å². The molecule has 0 amide bonds. The first-order valence-electron chi connectivity index (χ1n) is 37.7. The summed E-state index contributed by atoms with van der Waals surface area (Å²) >= 11 is 1.88. The molecule has 1 aliphatic heterocycles. The van der Waals surface area contributed by atoms with Gasteiger partial charge in [0, 0.05) is 71.4 Å². The number of thiophene rings is 1. The maximum absolute atomic E-state index is 9.21. The number of benzene rings is 13. The van der Waals surface area contributed by atoms with E-state index in [0.717, 1.165) is 84.2 Å². The lowest BCUT2D eigenvalue weighted by Crippen LogP contribution is -2.50. The third kappa shape index (κ3) is 11.2. The number of nitrogens with zero attached hydrogens (tertiary/aromatic N) is 3. The second kappa shape index (κ2) is 24.5. The summed E-state index contributed by atoms with van der Waals surface area (Å²) < 4.78 is 49.4. The Balaban J connectivity index is 1.02. The third-order valence-corrected chi connectivity index (χ3v) is 22.0. The summed E-state index contributed by atoms with van der Waals surface area (Å²) in [4.78, 5) is 5.12. The van der Waals surface area contributed by atoms with Crippen LogP contribution in [0, 0.1) is 0 Å². The third-order valence-electron chi connectivity index (χ3n) is 20.7. The molecule has 0 saturated heterocycles. The highest BCUT2D eigenvalue weighted by Crippen LogP contribution is 2.54. The van der Waals surface area contributed by atoms with Crippen LogP contribution in [0.2, 0.25) is 6.82 Å². The SMILES string of the molecule is [2H]c1c([2H])c([2H])c(-c2ccc(N(c3cc(C(C)(C)C)cc4c3B(C)c3ccc(-c5cc(C(C)(C)C)cc(C(C)(C)C)c5)cc3N4c3cccc4c3sc3c(-c5cccc6c5c5ccccc5n6-c5ccccc5)cccc34)c3c(-c4ccccc4)cc(C(C)(C)C)cc3-c3ccccc3)cc2)c([2H])c1[2H]. The van der Waals surface area contributed by atoms with E-state index in [1.54, 1.807) is 0 Å². The Morgan fingerprint density at radius 1 is 0.370 bits per heavy atom. The molecule has 0 radical (unpaired) electrons. The average molecular weight is 1320 g/mol. The number of hydrogen-bond acceptors (Lipinski definition) is 3. The van der Waals surface area contributed by atoms with Gasteiger partial charge in [-0.2, -0.15) is 0 Å². The number of para-hydroxylation sites is 2. The van der Waals surface area contributed by atoms with Crippen molar-refractivity contribution in [1.82, 2.24) is 4.57 Å². The minimum Gasteiger partial charge on any atom is -0.310 e. The van der Waals surface area contributed by atoms with Gasteiger partial charge in [0.05, 0.1) is 34.0 Å². The van der Waals surface area contributed by atoms with E-state index in [4.69, 9.17) is 4.11 Å². The van der Waals surface area contributed by atoms with Crippen molar-refractivity contribution in [3.8, 4) is 61.3 Å². The molecule has 5 heteroatoms. The van der Waals surface area contributed by atoms with Crippen LogP contribution in [-0.2, 0) is 21.7 Å². The maximum Gasteiger partial charge on any atom is 0.214 e. The number of aromatic nitrogens is 1. The van der Waals surface area contributed by atoms with E-state index in [1.807, 2.05) is 23.5 Å². The molecule has 490 valence electrons. The second-order valence-corrected chi connectivity index (χ2v) is 32.4. The van der Waals surface area contributed by atoms with Gasteiger partial charge in [-0.15, -0.1) is 11.3 Å². The summed E-state index contributed by atoms with van der Waals surface area (Å²) in [5.41, 5.74) is 25.6. The van der Waals surface area contributed by atoms with Crippen LogP contribution in [-0.4, -0.2) is 11.3 Å². The predicted molar refractivity (Wildman–Crippen MR) is 436 cm³/mol. The molecule has 100 heavy (non-hydrogen) atoms. The van der Waals surface area contributed by atoms with Crippen molar-refractivity contribution < 1.29 is 6.85 Å². The standard InChI is InChI=1S/C95H86BN3S/c1-92(2,3)67-53-66(54-68(56-67)93(4,5)6)65-49-52-80-84(55-65)99(83-46-30-43-76-75-42-28-41-74(90(75)100-91(76)83)73-40-29-45-82-87(73)77-39-26-27-44-81(77)97(82)71-37-24-17-25-38-71)86-60-70(95(10,11)12)59-85(88(86)96(80)13)98(72-50-47-62(48-51-72)61-31-18-14-19-32-61)89-78(63-33-20-15-21-34-63)57-69(94(7,8)9)58-79(89)64-35-22-16-23-36-64/h14-60H,1-13H3/i14D,18D,19D,31D,32D. The van der Waals surface area contributed by atoms with Crippen molar-refractivity contribution in [3.05, 3.63) is 307 Å². The molecule has 0 spiro atoms. The van der Waals surface area contributed by atoms with Crippen molar-refractivity contribution >= 4 is 105 Å². The molecule has 13 aromatic carbocycles. The number of anilines is 6. The molecule has 3 heterocycles. The zero-order valence-corrected chi connectivity index (χ0v) is 60.4. The van der Waals surface area contributed by atoms with E-state index >= 15 is 0 Å². The number of fused-ring (bicyclic) bond motifs is 8. The van der Waals surface area contributed by atoms with Gasteiger partial charge in [0.25, 0.3) is 0 Å². The smallest absolute Gasteiger partial charge is 0.214 e. The van der Waals surface area contributed by atoms with Crippen LogP contribution in [0.4, 0.5) is 34.1 Å². The zero-order valence-electron chi connectivity index (χ0n) is 64.6. The van der Waals surface area contributed by atoms with Crippen LogP contribution in [0.1, 0.15) is 112 Å². The quantitative estimate of drug-likeness (QED) is 0.126. The second-order valence-electron chi connectivity index (χ2n) is 31.4. The van der Waals surface area contributed by atoms with Gasteiger partial charge in [-0.3, -0.25) is 0 Å². The molecule has 2 aromatic heterocycles. The Bertz CT molecular complexity index is 5850. The first-order chi connectivity index (χ1) is 50.1. The summed E-state index contributed by atoms with van der Waals surface area (Å²) in [6.07, 6.45) is 0. The molecule has 0 atom stereocenters. The lowest BCUT2D eigenvalue weighted by molar-refractivity contribution is 0.569. The minimum atomic E-state index is -0.420. The van der Waals surface area contributed by atoms with Crippen molar-refractivity contribution in [2.24, 2.45) is 0 Å².